The number of aliphatic carboxylic acids is 1. The summed E-state index contributed by atoms with van der Waals surface area (Å²) in [6.07, 6.45) is -0.0582. The van der Waals surface area contributed by atoms with Crippen LogP contribution < -0.4 is 10.6 Å². The number of amides is 2. The summed E-state index contributed by atoms with van der Waals surface area (Å²) in [7, 11) is 0. The van der Waals surface area contributed by atoms with Gasteiger partial charge in [-0.15, -0.1) is 11.3 Å². The van der Waals surface area contributed by atoms with E-state index in [0.29, 0.717) is 17.1 Å². The van der Waals surface area contributed by atoms with E-state index in [4.69, 9.17) is 9.84 Å². The average molecular weight is 494 g/mol. The van der Waals surface area contributed by atoms with Crippen molar-refractivity contribution in [3.05, 3.63) is 75.7 Å². The van der Waals surface area contributed by atoms with Crippen LogP contribution in [-0.2, 0) is 27.3 Å². The number of hydrogen-bond donors (Lipinski definition) is 3. The summed E-state index contributed by atoms with van der Waals surface area (Å²) in [6, 6.07) is 15.9. The monoisotopic (exact) mass is 493 g/mol. The molecular formula is C26H27N3O5S. The molecule has 4 rings (SSSR count). The number of nitrogens with zero attached hydrogens (tertiary/aromatic N) is 1. The molecule has 0 saturated carbocycles. The summed E-state index contributed by atoms with van der Waals surface area (Å²) >= 11 is 1.34. The van der Waals surface area contributed by atoms with E-state index in [2.05, 4.69) is 39.9 Å². The van der Waals surface area contributed by atoms with E-state index in [0.717, 1.165) is 11.1 Å². The lowest BCUT2D eigenvalue weighted by Crippen LogP contribution is -2.37. The molecule has 8 nitrogen and oxygen atoms in total. The Kier molecular flexibility index (Phi) is 7.77. The highest BCUT2D eigenvalue weighted by molar-refractivity contribution is 7.09. The van der Waals surface area contributed by atoms with E-state index in [1.807, 2.05) is 31.2 Å². The highest BCUT2D eigenvalue weighted by Crippen LogP contribution is 2.44. The fourth-order valence-electron chi connectivity index (χ4n) is 4.26. The predicted molar refractivity (Wildman–Crippen MR) is 132 cm³/mol. The first-order valence-electron chi connectivity index (χ1n) is 11.5. The minimum atomic E-state index is -0.951. The van der Waals surface area contributed by atoms with Crippen LogP contribution in [0.2, 0.25) is 0 Å². The topological polar surface area (TPSA) is 118 Å². The molecule has 1 aliphatic rings. The van der Waals surface area contributed by atoms with Gasteiger partial charge >= 0.3 is 12.1 Å². The largest absolute Gasteiger partial charge is 0.481 e. The lowest BCUT2D eigenvalue weighted by atomic mass is 9.98. The number of fused-ring (bicyclic) bond motifs is 3. The predicted octanol–water partition coefficient (Wildman–Crippen LogP) is 4.09. The van der Waals surface area contributed by atoms with Crippen LogP contribution >= 0.6 is 11.3 Å². The first-order chi connectivity index (χ1) is 16.9. The Balaban J connectivity index is 1.26. The van der Waals surface area contributed by atoms with Gasteiger partial charge in [0.1, 0.15) is 11.6 Å². The number of ether oxygens (including phenoxy) is 1. The first kappa shape index (κ1) is 24.4. The average Bonchev–Trinajstić information content (AvgIpc) is 3.42. The van der Waals surface area contributed by atoms with Crippen LogP contribution in [0.15, 0.2) is 53.9 Å². The van der Waals surface area contributed by atoms with Gasteiger partial charge in [-0.1, -0.05) is 55.5 Å². The number of benzene rings is 2. The molecular weight excluding hydrogens is 466 g/mol. The van der Waals surface area contributed by atoms with Crippen LogP contribution in [0.1, 0.15) is 47.5 Å². The van der Waals surface area contributed by atoms with E-state index < -0.39 is 18.1 Å². The van der Waals surface area contributed by atoms with Gasteiger partial charge in [-0.3, -0.25) is 9.59 Å². The molecule has 0 unspecified atom stereocenters. The first-order valence-corrected chi connectivity index (χ1v) is 12.4. The van der Waals surface area contributed by atoms with Crippen molar-refractivity contribution in [2.75, 3.05) is 6.61 Å². The van der Waals surface area contributed by atoms with Crippen LogP contribution in [-0.4, -0.2) is 40.7 Å². The second-order valence-corrected chi connectivity index (χ2v) is 9.30. The highest BCUT2D eigenvalue weighted by atomic mass is 32.1. The standard InChI is InChI=1S/C26H27N3O5S/c1-2-16(12-25(31)32)28-23(30)11-17-15-35-24(29-17)13-27-26(33)34-14-22-20-9-5-3-7-18(20)19-8-4-6-10-21(19)22/h3-10,15-16,22H,2,11-14H2,1H3,(H,27,33)(H,28,30)(H,31,32)/t16-/m1/s1. The number of carbonyl (C=O) groups is 3. The summed E-state index contributed by atoms with van der Waals surface area (Å²) in [4.78, 5) is 39.8. The van der Waals surface area contributed by atoms with Crippen LogP contribution in [0.5, 0.6) is 0 Å². The Morgan fingerprint density at radius 3 is 2.37 bits per heavy atom. The lowest BCUT2D eigenvalue weighted by molar-refractivity contribution is -0.137. The van der Waals surface area contributed by atoms with Gasteiger partial charge < -0.3 is 20.5 Å². The van der Waals surface area contributed by atoms with Crippen LogP contribution in [0, 0.1) is 0 Å². The molecule has 3 N–H and O–H groups in total. The third-order valence-electron chi connectivity index (χ3n) is 5.95. The van der Waals surface area contributed by atoms with Crippen molar-refractivity contribution in [1.82, 2.24) is 15.6 Å². The van der Waals surface area contributed by atoms with Crippen molar-refractivity contribution in [3.8, 4) is 11.1 Å². The lowest BCUT2D eigenvalue weighted by Gasteiger charge is -2.14. The fourth-order valence-corrected chi connectivity index (χ4v) is 4.99. The highest BCUT2D eigenvalue weighted by Gasteiger charge is 2.29. The number of thiazole rings is 1. The molecule has 0 bridgehead atoms. The number of carboxylic acid groups (broad SMARTS) is 1. The van der Waals surface area contributed by atoms with Crippen LogP contribution in [0.3, 0.4) is 0 Å². The number of carboxylic acids is 1. The zero-order valence-electron chi connectivity index (χ0n) is 19.3. The molecule has 1 aliphatic carbocycles. The van der Waals surface area contributed by atoms with Crippen molar-refractivity contribution in [3.63, 3.8) is 0 Å². The summed E-state index contributed by atoms with van der Waals surface area (Å²) in [5.41, 5.74) is 5.22. The molecule has 1 atom stereocenters. The maximum absolute atomic E-state index is 12.4. The van der Waals surface area contributed by atoms with Crippen LogP contribution in [0.25, 0.3) is 11.1 Å². The van der Waals surface area contributed by atoms with Crippen molar-refractivity contribution in [2.24, 2.45) is 0 Å². The van der Waals surface area contributed by atoms with Gasteiger partial charge in [-0.2, -0.15) is 0 Å². The Hall–Kier alpha value is -3.72. The zero-order valence-corrected chi connectivity index (χ0v) is 20.1. The molecule has 0 aliphatic heterocycles. The Labute approximate surface area is 207 Å². The minimum Gasteiger partial charge on any atom is -0.481 e. The molecule has 0 radical (unpaired) electrons. The number of carbonyl (C=O) groups excluding carboxylic acids is 2. The van der Waals surface area contributed by atoms with Gasteiger partial charge in [0, 0.05) is 17.3 Å². The third kappa shape index (κ3) is 6.05. The maximum Gasteiger partial charge on any atom is 0.407 e. The third-order valence-corrected chi connectivity index (χ3v) is 6.85. The fraction of sp³-hybridized carbons (Fsp3) is 0.308. The van der Waals surface area contributed by atoms with Crippen molar-refractivity contribution in [1.29, 1.82) is 0 Å². The van der Waals surface area contributed by atoms with E-state index >= 15 is 0 Å². The number of nitrogens with one attached hydrogen (secondary N) is 2. The molecule has 1 aromatic heterocycles. The summed E-state index contributed by atoms with van der Waals surface area (Å²) in [6.45, 7) is 2.25. The van der Waals surface area contributed by atoms with Gasteiger partial charge in [-0.25, -0.2) is 9.78 Å². The summed E-state index contributed by atoms with van der Waals surface area (Å²) in [5.74, 6) is -1.24. The van der Waals surface area contributed by atoms with E-state index in [9.17, 15) is 14.4 Å². The van der Waals surface area contributed by atoms with Crippen LogP contribution in [0.4, 0.5) is 4.79 Å². The maximum atomic E-state index is 12.4. The molecule has 35 heavy (non-hydrogen) atoms. The SMILES string of the molecule is CC[C@H](CC(=O)O)NC(=O)Cc1csc(CNC(=O)OCC2c3ccccc3-c3ccccc32)n1. The molecule has 182 valence electrons. The molecule has 0 saturated heterocycles. The molecule has 3 aromatic rings. The van der Waals surface area contributed by atoms with Gasteiger partial charge in [0.25, 0.3) is 0 Å². The van der Waals surface area contributed by atoms with Gasteiger partial charge in [-0.05, 0) is 28.7 Å². The normalized spacial score (nSPS) is 12.9. The molecule has 9 heteroatoms. The van der Waals surface area contributed by atoms with Crippen molar-refractivity contribution < 1.29 is 24.2 Å². The number of rotatable bonds is 10. The van der Waals surface area contributed by atoms with Crippen molar-refractivity contribution in [2.45, 2.75) is 44.7 Å². The molecule has 0 spiro atoms. The second kappa shape index (κ2) is 11.1. The zero-order chi connectivity index (χ0) is 24.8. The van der Waals surface area contributed by atoms with Gasteiger partial charge in [0.05, 0.1) is 25.1 Å². The second-order valence-electron chi connectivity index (χ2n) is 8.36. The molecule has 0 fully saturated rings. The molecule has 1 heterocycles. The minimum absolute atomic E-state index is 0.00815. The molecule has 2 amide bonds. The number of aromatic nitrogens is 1. The van der Waals surface area contributed by atoms with E-state index in [-0.39, 0.29) is 37.8 Å². The van der Waals surface area contributed by atoms with Gasteiger partial charge in [0.2, 0.25) is 5.91 Å². The van der Waals surface area contributed by atoms with E-state index in [1.165, 1.54) is 22.5 Å². The van der Waals surface area contributed by atoms with Gasteiger partial charge in [0.15, 0.2) is 0 Å². The molecule has 2 aromatic carbocycles. The van der Waals surface area contributed by atoms with E-state index in [1.54, 1.807) is 5.38 Å². The number of alkyl carbamates (subject to hydrolysis) is 1. The van der Waals surface area contributed by atoms with Crippen molar-refractivity contribution >= 4 is 29.3 Å². The Morgan fingerprint density at radius 2 is 1.74 bits per heavy atom. The Bertz CT molecular complexity index is 1180. The number of hydrogen-bond acceptors (Lipinski definition) is 6. The summed E-state index contributed by atoms with van der Waals surface area (Å²) < 4.78 is 5.54. The summed E-state index contributed by atoms with van der Waals surface area (Å²) in [5, 5.41) is 16.8. The smallest absolute Gasteiger partial charge is 0.407 e. The quantitative estimate of drug-likeness (QED) is 0.392. The Morgan fingerprint density at radius 1 is 1.09 bits per heavy atom.